The molecule has 1 unspecified atom stereocenters. The van der Waals surface area contributed by atoms with Crippen LogP contribution in [-0.2, 0) is 15.1 Å². The Bertz CT molecular complexity index is 414. The van der Waals surface area contributed by atoms with E-state index in [2.05, 4.69) is 0 Å². The minimum atomic E-state index is -1.28. The minimum absolute atomic E-state index is 0.492. The minimum Gasteiger partial charge on any atom is -0.448 e. The number of halogens is 1. The number of esters is 1. The lowest BCUT2D eigenvalue weighted by molar-refractivity contribution is -0.501. The molecule has 5 nitrogen and oxygen atoms in total. The van der Waals surface area contributed by atoms with Gasteiger partial charge in [0.15, 0.2) is 5.60 Å². The van der Waals surface area contributed by atoms with E-state index in [9.17, 15) is 14.9 Å². The summed E-state index contributed by atoms with van der Waals surface area (Å²) in [6, 6.07) is 6.40. The number of nitro groups is 1. The van der Waals surface area contributed by atoms with Gasteiger partial charge in [-0.15, -0.1) is 0 Å². The van der Waals surface area contributed by atoms with Crippen molar-refractivity contribution >= 4 is 17.6 Å². The highest BCUT2D eigenvalue weighted by molar-refractivity contribution is 6.30. The molecule has 1 aromatic rings. The van der Waals surface area contributed by atoms with Crippen molar-refractivity contribution in [1.82, 2.24) is 0 Å². The highest BCUT2D eigenvalue weighted by atomic mass is 35.5. The third-order valence-corrected chi connectivity index (χ3v) is 2.51. The van der Waals surface area contributed by atoms with Crippen LogP contribution in [0.4, 0.5) is 0 Å². The van der Waals surface area contributed by atoms with Crippen LogP contribution < -0.4 is 0 Å². The smallest absolute Gasteiger partial charge is 0.303 e. The number of ether oxygens (including phenoxy) is 1. The molecule has 0 spiro atoms. The van der Waals surface area contributed by atoms with Gasteiger partial charge >= 0.3 is 5.97 Å². The summed E-state index contributed by atoms with van der Waals surface area (Å²) < 4.78 is 5.05. The molecule has 0 amide bonds. The molecule has 0 radical (unpaired) electrons. The molecule has 1 atom stereocenters. The normalized spacial score (nSPS) is 13.8. The zero-order chi connectivity index (χ0) is 13.1. The molecule has 0 N–H and O–H groups in total. The molecule has 92 valence electrons. The van der Waals surface area contributed by atoms with Crippen LogP contribution in [0.25, 0.3) is 0 Å². The molecule has 1 rings (SSSR count). The maximum atomic E-state index is 11.0. The SMILES string of the molecule is CC(=O)OC(C)(C[N+](=O)[O-])c1ccc(Cl)cc1. The van der Waals surface area contributed by atoms with E-state index in [1.54, 1.807) is 24.3 Å². The number of hydrogen-bond acceptors (Lipinski definition) is 4. The van der Waals surface area contributed by atoms with Crippen LogP contribution in [0.2, 0.25) is 5.02 Å². The van der Waals surface area contributed by atoms with Gasteiger partial charge in [0.05, 0.1) is 0 Å². The van der Waals surface area contributed by atoms with E-state index in [0.29, 0.717) is 10.6 Å². The second kappa shape index (κ2) is 5.14. The summed E-state index contributed by atoms with van der Waals surface area (Å²) in [6.45, 7) is 2.22. The van der Waals surface area contributed by atoms with Crippen LogP contribution in [0.3, 0.4) is 0 Å². The summed E-state index contributed by atoms with van der Waals surface area (Å²) in [4.78, 5) is 21.1. The number of carbonyl (C=O) groups is 1. The van der Waals surface area contributed by atoms with Gasteiger partial charge < -0.3 is 4.74 Å². The van der Waals surface area contributed by atoms with Crippen LogP contribution in [-0.4, -0.2) is 17.4 Å². The Morgan fingerprint density at radius 2 is 2.00 bits per heavy atom. The lowest BCUT2D eigenvalue weighted by Gasteiger charge is -2.25. The molecule has 0 saturated carbocycles. The van der Waals surface area contributed by atoms with Gasteiger partial charge in [0.2, 0.25) is 6.54 Å². The monoisotopic (exact) mass is 257 g/mol. The fraction of sp³-hybridized carbons (Fsp3) is 0.364. The fourth-order valence-corrected chi connectivity index (χ4v) is 1.67. The first-order valence-corrected chi connectivity index (χ1v) is 5.29. The lowest BCUT2D eigenvalue weighted by Crippen LogP contribution is -2.35. The Hall–Kier alpha value is -1.62. The van der Waals surface area contributed by atoms with Gasteiger partial charge in [-0.1, -0.05) is 23.7 Å². The molecule has 0 aliphatic carbocycles. The van der Waals surface area contributed by atoms with Crippen molar-refractivity contribution in [2.75, 3.05) is 6.54 Å². The molecule has 1 aromatic carbocycles. The largest absolute Gasteiger partial charge is 0.448 e. The lowest BCUT2D eigenvalue weighted by atomic mass is 9.96. The molecule has 0 bridgehead atoms. The summed E-state index contributed by atoms with van der Waals surface area (Å²) in [7, 11) is 0. The Balaban J connectivity index is 3.08. The van der Waals surface area contributed by atoms with Gasteiger partial charge in [0, 0.05) is 22.4 Å². The standard InChI is InChI=1S/C11H12ClNO4/c1-8(14)17-11(2,7-13(15)16)9-3-5-10(12)6-4-9/h3-6H,7H2,1-2H3. The van der Waals surface area contributed by atoms with Gasteiger partial charge in [0.25, 0.3) is 0 Å². The van der Waals surface area contributed by atoms with Crippen LogP contribution in [0.15, 0.2) is 24.3 Å². The van der Waals surface area contributed by atoms with E-state index in [-0.39, 0.29) is 0 Å². The van der Waals surface area contributed by atoms with Gasteiger partial charge in [-0.25, -0.2) is 0 Å². The predicted molar refractivity (Wildman–Crippen MR) is 62.4 cm³/mol. The predicted octanol–water partition coefficient (Wildman–Crippen LogP) is 2.40. The second-order valence-corrected chi connectivity index (χ2v) is 4.26. The Morgan fingerprint density at radius 3 is 2.41 bits per heavy atom. The third-order valence-electron chi connectivity index (χ3n) is 2.25. The molecule has 6 heteroatoms. The molecule has 0 saturated heterocycles. The highest BCUT2D eigenvalue weighted by Gasteiger charge is 2.35. The maximum absolute atomic E-state index is 11.0. The number of rotatable bonds is 4. The molecule has 0 aromatic heterocycles. The van der Waals surface area contributed by atoms with Crippen LogP contribution in [0.5, 0.6) is 0 Å². The molecular weight excluding hydrogens is 246 g/mol. The quantitative estimate of drug-likeness (QED) is 0.472. The van der Waals surface area contributed by atoms with E-state index >= 15 is 0 Å². The van der Waals surface area contributed by atoms with E-state index in [1.165, 1.54) is 13.8 Å². The molecule has 0 aliphatic heterocycles. The van der Waals surface area contributed by atoms with Crippen LogP contribution in [0.1, 0.15) is 19.4 Å². The number of carbonyl (C=O) groups excluding carboxylic acids is 1. The number of hydrogen-bond donors (Lipinski definition) is 0. The molecule has 17 heavy (non-hydrogen) atoms. The van der Waals surface area contributed by atoms with E-state index < -0.39 is 23.0 Å². The van der Waals surface area contributed by atoms with Gasteiger partial charge in [0.1, 0.15) is 0 Å². The maximum Gasteiger partial charge on any atom is 0.303 e. The van der Waals surface area contributed by atoms with Crippen molar-refractivity contribution in [3.05, 3.63) is 45.0 Å². The first kappa shape index (κ1) is 13.4. The summed E-state index contributed by atoms with van der Waals surface area (Å²) in [6.07, 6.45) is 0. The summed E-state index contributed by atoms with van der Waals surface area (Å²) >= 11 is 5.73. The average molecular weight is 258 g/mol. The van der Waals surface area contributed by atoms with E-state index in [4.69, 9.17) is 16.3 Å². The van der Waals surface area contributed by atoms with Crippen molar-refractivity contribution in [2.45, 2.75) is 19.4 Å². The van der Waals surface area contributed by atoms with Crippen molar-refractivity contribution in [1.29, 1.82) is 0 Å². The van der Waals surface area contributed by atoms with E-state index in [1.807, 2.05) is 0 Å². The van der Waals surface area contributed by atoms with Crippen molar-refractivity contribution < 1.29 is 14.5 Å². The van der Waals surface area contributed by atoms with Gasteiger partial charge in [-0.05, 0) is 19.1 Å². The molecule has 0 aliphatic rings. The summed E-state index contributed by atoms with van der Waals surface area (Å²) in [5, 5.41) is 11.1. The average Bonchev–Trinajstić information content (AvgIpc) is 2.15. The molecule has 0 fully saturated rings. The fourth-order valence-electron chi connectivity index (χ4n) is 1.55. The van der Waals surface area contributed by atoms with Crippen molar-refractivity contribution in [2.24, 2.45) is 0 Å². The summed E-state index contributed by atoms with van der Waals surface area (Å²) in [5.41, 5.74) is -0.742. The zero-order valence-corrected chi connectivity index (χ0v) is 10.2. The number of benzene rings is 1. The van der Waals surface area contributed by atoms with Crippen LogP contribution >= 0.6 is 11.6 Å². The van der Waals surface area contributed by atoms with Crippen molar-refractivity contribution in [3.8, 4) is 0 Å². The molecule has 0 heterocycles. The topological polar surface area (TPSA) is 69.4 Å². The Labute approximate surface area is 103 Å². The van der Waals surface area contributed by atoms with E-state index in [0.717, 1.165) is 0 Å². The van der Waals surface area contributed by atoms with Gasteiger partial charge in [-0.3, -0.25) is 14.9 Å². The number of nitrogens with zero attached hydrogens (tertiary/aromatic N) is 1. The zero-order valence-electron chi connectivity index (χ0n) is 9.47. The Kier molecular flexibility index (Phi) is 4.07. The Morgan fingerprint density at radius 1 is 1.47 bits per heavy atom. The molecular formula is C11H12ClNO4. The third kappa shape index (κ3) is 3.71. The highest BCUT2D eigenvalue weighted by Crippen LogP contribution is 2.27. The first-order valence-electron chi connectivity index (χ1n) is 4.91. The first-order chi connectivity index (χ1) is 7.83. The second-order valence-electron chi connectivity index (χ2n) is 3.82. The van der Waals surface area contributed by atoms with Gasteiger partial charge in [-0.2, -0.15) is 0 Å². The van der Waals surface area contributed by atoms with Crippen molar-refractivity contribution in [3.63, 3.8) is 0 Å². The van der Waals surface area contributed by atoms with Crippen LogP contribution in [0, 0.1) is 10.1 Å². The summed E-state index contributed by atoms with van der Waals surface area (Å²) in [5.74, 6) is -0.565.